The third-order valence-electron chi connectivity index (χ3n) is 4.23. The van der Waals surface area contributed by atoms with Crippen LogP contribution in [0.5, 0.6) is 0 Å². The maximum Gasteiger partial charge on any atom is 0.224 e. The molecule has 1 aliphatic rings. The van der Waals surface area contributed by atoms with Crippen molar-refractivity contribution in [3.05, 3.63) is 21.9 Å². The molecule has 4 nitrogen and oxygen atoms in total. The molecular formula is C15H25N3OS. The second-order valence-electron chi connectivity index (χ2n) is 5.83. The highest BCUT2D eigenvalue weighted by atomic mass is 32.1. The van der Waals surface area contributed by atoms with Crippen LogP contribution in [0, 0.1) is 5.92 Å². The van der Waals surface area contributed by atoms with E-state index in [1.165, 1.54) is 10.4 Å². The van der Waals surface area contributed by atoms with Crippen molar-refractivity contribution in [2.45, 2.75) is 45.8 Å². The van der Waals surface area contributed by atoms with E-state index in [4.69, 9.17) is 5.73 Å². The van der Waals surface area contributed by atoms with E-state index in [0.29, 0.717) is 12.6 Å². The van der Waals surface area contributed by atoms with E-state index >= 15 is 0 Å². The first-order valence-electron chi connectivity index (χ1n) is 7.31. The highest BCUT2D eigenvalue weighted by Gasteiger charge is 2.23. The number of amides is 1. The van der Waals surface area contributed by atoms with E-state index in [1.807, 2.05) is 25.2 Å². The van der Waals surface area contributed by atoms with Crippen LogP contribution >= 0.6 is 11.3 Å². The van der Waals surface area contributed by atoms with E-state index in [2.05, 4.69) is 28.6 Å². The maximum absolute atomic E-state index is 11.9. The maximum atomic E-state index is 11.9. The van der Waals surface area contributed by atoms with Gasteiger partial charge in [0, 0.05) is 42.5 Å². The average Bonchev–Trinajstić information content (AvgIpc) is 2.90. The molecule has 0 aromatic carbocycles. The standard InChI is InChI=1S/C15H25N3OS/c1-10(8-17-15(19)11(2)12(3)16)18-6-4-14-13(9-18)5-7-20-14/h5,7,10-12H,4,6,8-9,16H2,1-3H3,(H,17,19). The van der Waals surface area contributed by atoms with Gasteiger partial charge in [0.1, 0.15) is 0 Å². The lowest BCUT2D eigenvalue weighted by Gasteiger charge is -2.32. The van der Waals surface area contributed by atoms with Crippen LogP contribution in [-0.4, -0.2) is 36.0 Å². The molecule has 0 spiro atoms. The predicted molar refractivity (Wildman–Crippen MR) is 83.7 cm³/mol. The summed E-state index contributed by atoms with van der Waals surface area (Å²) in [5, 5.41) is 5.19. The van der Waals surface area contributed by atoms with Crippen LogP contribution in [0.3, 0.4) is 0 Å². The Bertz CT molecular complexity index is 458. The van der Waals surface area contributed by atoms with Gasteiger partial charge in [-0.05, 0) is 37.3 Å². The first-order valence-corrected chi connectivity index (χ1v) is 8.19. The molecule has 0 saturated carbocycles. The fourth-order valence-electron chi connectivity index (χ4n) is 2.42. The highest BCUT2D eigenvalue weighted by molar-refractivity contribution is 7.10. The summed E-state index contributed by atoms with van der Waals surface area (Å²) in [6.45, 7) is 8.69. The molecule has 1 aliphatic heterocycles. The zero-order chi connectivity index (χ0) is 14.7. The van der Waals surface area contributed by atoms with Crippen molar-refractivity contribution in [2.75, 3.05) is 13.1 Å². The summed E-state index contributed by atoms with van der Waals surface area (Å²) < 4.78 is 0. The fourth-order valence-corrected chi connectivity index (χ4v) is 3.31. The summed E-state index contributed by atoms with van der Waals surface area (Å²) >= 11 is 1.85. The van der Waals surface area contributed by atoms with Crippen molar-refractivity contribution >= 4 is 17.2 Å². The number of rotatable bonds is 5. The molecule has 0 radical (unpaired) electrons. The molecule has 0 fully saturated rings. The Hall–Kier alpha value is -0.910. The van der Waals surface area contributed by atoms with E-state index < -0.39 is 0 Å². The minimum Gasteiger partial charge on any atom is -0.354 e. The van der Waals surface area contributed by atoms with Crippen LogP contribution in [0.2, 0.25) is 0 Å². The lowest BCUT2D eigenvalue weighted by Crippen LogP contribution is -2.46. The number of fused-ring (bicyclic) bond motifs is 1. The van der Waals surface area contributed by atoms with Crippen LogP contribution < -0.4 is 11.1 Å². The lowest BCUT2D eigenvalue weighted by atomic mass is 10.0. The average molecular weight is 295 g/mol. The van der Waals surface area contributed by atoms with Gasteiger partial charge in [-0.3, -0.25) is 9.69 Å². The zero-order valence-corrected chi connectivity index (χ0v) is 13.4. The van der Waals surface area contributed by atoms with Crippen LogP contribution in [0.25, 0.3) is 0 Å². The number of nitrogens with zero attached hydrogens (tertiary/aromatic N) is 1. The van der Waals surface area contributed by atoms with Crippen LogP contribution in [0.4, 0.5) is 0 Å². The Morgan fingerprint density at radius 1 is 1.50 bits per heavy atom. The van der Waals surface area contributed by atoms with Gasteiger partial charge >= 0.3 is 0 Å². The van der Waals surface area contributed by atoms with Crippen molar-refractivity contribution in [1.29, 1.82) is 0 Å². The van der Waals surface area contributed by atoms with Gasteiger partial charge in [0.15, 0.2) is 0 Å². The summed E-state index contributed by atoms with van der Waals surface area (Å²) in [6, 6.07) is 2.47. The van der Waals surface area contributed by atoms with Gasteiger partial charge in [0.05, 0.1) is 0 Å². The molecule has 1 aromatic heterocycles. The molecule has 5 heteroatoms. The Morgan fingerprint density at radius 3 is 2.95 bits per heavy atom. The molecule has 3 unspecified atom stereocenters. The topological polar surface area (TPSA) is 58.4 Å². The number of hydrogen-bond acceptors (Lipinski definition) is 4. The summed E-state index contributed by atoms with van der Waals surface area (Å²) in [6.07, 6.45) is 1.13. The molecule has 0 saturated heterocycles. The molecule has 112 valence electrons. The van der Waals surface area contributed by atoms with Gasteiger partial charge in [-0.2, -0.15) is 0 Å². The molecular weight excluding hydrogens is 270 g/mol. The Balaban J connectivity index is 1.81. The zero-order valence-electron chi connectivity index (χ0n) is 12.6. The normalized spacial score (nSPS) is 20.0. The van der Waals surface area contributed by atoms with E-state index in [-0.39, 0.29) is 17.9 Å². The summed E-state index contributed by atoms with van der Waals surface area (Å²) in [7, 11) is 0. The molecule has 2 rings (SSSR count). The quantitative estimate of drug-likeness (QED) is 0.867. The largest absolute Gasteiger partial charge is 0.354 e. The second-order valence-corrected chi connectivity index (χ2v) is 6.83. The van der Waals surface area contributed by atoms with Gasteiger partial charge in [0.2, 0.25) is 5.91 Å². The first kappa shape index (κ1) is 15.5. The third-order valence-corrected chi connectivity index (χ3v) is 5.26. The molecule has 2 heterocycles. The molecule has 1 aromatic rings. The summed E-state index contributed by atoms with van der Waals surface area (Å²) in [4.78, 5) is 15.9. The fraction of sp³-hybridized carbons (Fsp3) is 0.667. The summed E-state index contributed by atoms with van der Waals surface area (Å²) in [5.74, 6) is -0.0767. The SMILES string of the molecule is CC(N)C(C)C(=O)NCC(C)N1CCc2sccc2C1. The van der Waals surface area contributed by atoms with E-state index in [1.54, 1.807) is 0 Å². The van der Waals surface area contributed by atoms with Crippen molar-refractivity contribution in [1.82, 2.24) is 10.2 Å². The van der Waals surface area contributed by atoms with Gasteiger partial charge in [-0.1, -0.05) is 6.92 Å². The number of nitrogens with two attached hydrogens (primary N) is 1. The summed E-state index contributed by atoms with van der Waals surface area (Å²) in [5.41, 5.74) is 7.20. The Morgan fingerprint density at radius 2 is 2.25 bits per heavy atom. The molecule has 0 bridgehead atoms. The van der Waals surface area contributed by atoms with Gasteiger partial charge in [-0.25, -0.2) is 0 Å². The van der Waals surface area contributed by atoms with Crippen LogP contribution in [0.15, 0.2) is 11.4 Å². The molecule has 3 atom stereocenters. The molecule has 3 N–H and O–H groups in total. The van der Waals surface area contributed by atoms with Crippen molar-refractivity contribution in [2.24, 2.45) is 11.7 Å². The van der Waals surface area contributed by atoms with Gasteiger partial charge in [0.25, 0.3) is 0 Å². The van der Waals surface area contributed by atoms with Crippen molar-refractivity contribution in [3.63, 3.8) is 0 Å². The van der Waals surface area contributed by atoms with Crippen LogP contribution in [0.1, 0.15) is 31.2 Å². The number of carbonyl (C=O) groups excluding carboxylic acids is 1. The first-order chi connectivity index (χ1) is 9.49. The van der Waals surface area contributed by atoms with E-state index in [9.17, 15) is 4.79 Å². The number of carbonyl (C=O) groups is 1. The smallest absolute Gasteiger partial charge is 0.224 e. The number of thiophene rings is 1. The monoisotopic (exact) mass is 295 g/mol. The Labute approximate surface area is 125 Å². The third kappa shape index (κ3) is 3.59. The minimum absolute atomic E-state index is 0.0556. The van der Waals surface area contributed by atoms with Crippen molar-refractivity contribution < 1.29 is 4.79 Å². The molecule has 20 heavy (non-hydrogen) atoms. The number of hydrogen-bond donors (Lipinski definition) is 2. The highest BCUT2D eigenvalue weighted by Crippen LogP contribution is 2.24. The van der Waals surface area contributed by atoms with Crippen molar-refractivity contribution in [3.8, 4) is 0 Å². The Kier molecular flexibility index (Phi) is 5.18. The second kappa shape index (κ2) is 6.70. The van der Waals surface area contributed by atoms with E-state index in [0.717, 1.165) is 19.5 Å². The van der Waals surface area contributed by atoms with Crippen LogP contribution in [-0.2, 0) is 17.8 Å². The predicted octanol–water partition coefficient (Wildman–Crippen LogP) is 1.59. The minimum atomic E-state index is -0.132. The lowest BCUT2D eigenvalue weighted by molar-refractivity contribution is -0.125. The van der Waals surface area contributed by atoms with Gasteiger partial charge in [-0.15, -0.1) is 11.3 Å². The molecule has 0 aliphatic carbocycles. The molecule has 1 amide bonds. The van der Waals surface area contributed by atoms with Gasteiger partial charge < -0.3 is 11.1 Å². The number of nitrogens with one attached hydrogen (secondary N) is 1.